The first-order valence-electron chi connectivity index (χ1n) is 5.83. The number of hydrogen-bond acceptors (Lipinski definition) is 4. The molecule has 5 heteroatoms. The Labute approximate surface area is 116 Å². The van der Waals surface area contributed by atoms with Crippen LogP contribution < -0.4 is 10.5 Å². The molecule has 0 saturated heterocycles. The number of aliphatic hydroxyl groups is 1. The van der Waals surface area contributed by atoms with Gasteiger partial charge in [-0.3, -0.25) is 0 Å². The highest BCUT2D eigenvalue weighted by molar-refractivity contribution is 7.80. The number of thiocarbonyl (C=S) groups is 1. The zero-order chi connectivity index (χ0) is 13.7. The summed E-state index contributed by atoms with van der Waals surface area (Å²) in [5.74, 6) is 1.21. The summed E-state index contributed by atoms with van der Waals surface area (Å²) in [6, 6.07) is 11.0. The third-order valence-corrected chi connectivity index (χ3v) is 2.75. The highest BCUT2D eigenvalue weighted by Crippen LogP contribution is 2.24. The maximum atomic E-state index is 8.85. The number of pyridine rings is 1. The number of aliphatic hydroxyl groups excluding tert-OH is 1. The van der Waals surface area contributed by atoms with Crippen LogP contribution >= 0.6 is 12.2 Å². The second-order valence-electron chi connectivity index (χ2n) is 3.93. The van der Waals surface area contributed by atoms with Crippen LogP contribution in [0.15, 0.2) is 42.6 Å². The fraction of sp³-hybridized carbons (Fsp3) is 0.143. The van der Waals surface area contributed by atoms with Gasteiger partial charge < -0.3 is 15.6 Å². The van der Waals surface area contributed by atoms with Crippen LogP contribution in [0.2, 0.25) is 0 Å². The lowest BCUT2D eigenvalue weighted by Crippen LogP contribution is -2.12. The van der Waals surface area contributed by atoms with Crippen LogP contribution in [0.1, 0.15) is 11.3 Å². The van der Waals surface area contributed by atoms with Gasteiger partial charge in [-0.25, -0.2) is 4.98 Å². The first kappa shape index (κ1) is 13.5. The second kappa shape index (κ2) is 6.26. The molecule has 98 valence electrons. The van der Waals surface area contributed by atoms with E-state index >= 15 is 0 Å². The van der Waals surface area contributed by atoms with Gasteiger partial charge in [-0.15, -0.1) is 0 Å². The van der Waals surface area contributed by atoms with Crippen LogP contribution in [-0.4, -0.2) is 21.7 Å². The molecule has 3 N–H and O–H groups in total. The van der Waals surface area contributed by atoms with Gasteiger partial charge in [0.05, 0.1) is 0 Å². The zero-order valence-electron chi connectivity index (χ0n) is 10.2. The summed E-state index contributed by atoms with van der Waals surface area (Å²) in [7, 11) is 0. The fourth-order valence-corrected chi connectivity index (χ4v) is 1.79. The van der Waals surface area contributed by atoms with Gasteiger partial charge in [-0.1, -0.05) is 24.4 Å². The van der Waals surface area contributed by atoms with E-state index in [0.717, 1.165) is 5.56 Å². The Hall–Kier alpha value is -1.98. The first-order chi connectivity index (χ1) is 9.20. The van der Waals surface area contributed by atoms with Crippen molar-refractivity contribution in [3.63, 3.8) is 0 Å². The minimum atomic E-state index is 0.133. The SMILES string of the molecule is NC(=S)c1ncccc1Oc1ccc(CCO)cc1. The zero-order valence-corrected chi connectivity index (χ0v) is 11.1. The summed E-state index contributed by atoms with van der Waals surface area (Å²) in [6.45, 7) is 0.133. The maximum absolute atomic E-state index is 8.85. The van der Waals surface area contributed by atoms with Gasteiger partial charge in [-0.05, 0) is 36.2 Å². The fourth-order valence-electron chi connectivity index (χ4n) is 1.64. The largest absolute Gasteiger partial charge is 0.455 e. The molecule has 0 saturated carbocycles. The van der Waals surface area contributed by atoms with Crippen LogP contribution in [0.3, 0.4) is 0 Å². The molecule has 19 heavy (non-hydrogen) atoms. The molecule has 0 radical (unpaired) electrons. The van der Waals surface area contributed by atoms with Crippen LogP contribution in [0.4, 0.5) is 0 Å². The van der Waals surface area contributed by atoms with Crippen LogP contribution in [-0.2, 0) is 6.42 Å². The third-order valence-electron chi connectivity index (χ3n) is 2.56. The highest BCUT2D eigenvalue weighted by atomic mass is 32.1. The van der Waals surface area contributed by atoms with E-state index in [4.69, 9.17) is 27.8 Å². The standard InChI is InChI=1S/C14H14N2O2S/c15-14(19)13-12(2-1-8-16-13)18-11-5-3-10(4-6-11)7-9-17/h1-6,8,17H,7,9H2,(H2,15,19). The Morgan fingerprint density at radius 3 is 2.63 bits per heavy atom. The van der Waals surface area contributed by atoms with E-state index in [1.54, 1.807) is 18.3 Å². The van der Waals surface area contributed by atoms with Gasteiger partial charge in [0.1, 0.15) is 16.4 Å². The summed E-state index contributed by atoms with van der Waals surface area (Å²) in [5.41, 5.74) is 7.11. The molecular weight excluding hydrogens is 260 g/mol. The smallest absolute Gasteiger partial charge is 0.156 e. The van der Waals surface area contributed by atoms with Crippen molar-refractivity contribution in [3.8, 4) is 11.5 Å². The van der Waals surface area contributed by atoms with Gasteiger partial charge in [0.15, 0.2) is 5.75 Å². The normalized spacial score (nSPS) is 10.2. The molecule has 2 rings (SSSR count). The predicted molar refractivity (Wildman–Crippen MR) is 77.4 cm³/mol. The van der Waals surface area contributed by atoms with E-state index in [0.29, 0.717) is 23.6 Å². The number of nitrogens with zero attached hydrogens (tertiary/aromatic N) is 1. The monoisotopic (exact) mass is 274 g/mol. The quantitative estimate of drug-likeness (QED) is 0.817. The molecule has 0 bridgehead atoms. The molecule has 1 heterocycles. The second-order valence-corrected chi connectivity index (χ2v) is 4.37. The topological polar surface area (TPSA) is 68.4 Å². The Morgan fingerprint density at radius 1 is 1.26 bits per heavy atom. The molecule has 0 amide bonds. The molecule has 0 fully saturated rings. The van der Waals surface area contributed by atoms with Crippen molar-refractivity contribution in [3.05, 3.63) is 53.9 Å². The Morgan fingerprint density at radius 2 is 2.00 bits per heavy atom. The van der Waals surface area contributed by atoms with Gasteiger partial charge in [-0.2, -0.15) is 0 Å². The molecular formula is C14H14N2O2S. The van der Waals surface area contributed by atoms with Gasteiger partial charge >= 0.3 is 0 Å². The van der Waals surface area contributed by atoms with Gasteiger partial charge in [0, 0.05) is 12.8 Å². The number of rotatable bonds is 5. The number of ether oxygens (including phenoxy) is 1. The minimum absolute atomic E-state index is 0.133. The molecule has 0 unspecified atom stereocenters. The summed E-state index contributed by atoms with van der Waals surface area (Å²) in [6.07, 6.45) is 2.25. The van der Waals surface area contributed by atoms with Crippen molar-refractivity contribution in [1.29, 1.82) is 0 Å². The number of benzene rings is 1. The number of hydrogen-bond donors (Lipinski definition) is 2. The van der Waals surface area contributed by atoms with E-state index < -0.39 is 0 Å². The van der Waals surface area contributed by atoms with E-state index in [1.807, 2.05) is 24.3 Å². The van der Waals surface area contributed by atoms with E-state index in [-0.39, 0.29) is 11.6 Å². The minimum Gasteiger partial charge on any atom is -0.455 e. The average Bonchev–Trinajstić information content (AvgIpc) is 2.42. The Bertz CT molecular complexity index is 570. The van der Waals surface area contributed by atoms with Gasteiger partial charge in [0.2, 0.25) is 0 Å². The van der Waals surface area contributed by atoms with Crippen molar-refractivity contribution in [2.45, 2.75) is 6.42 Å². The third kappa shape index (κ3) is 3.49. The van der Waals surface area contributed by atoms with Crippen molar-refractivity contribution in [2.75, 3.05) is 6.61 Å². The van der Waals surface area contributed by atoms with Gasteiger partial charge in [0.25, 0.3) is 0 Å². The van der Waals surface area contributed by atoms with Crippen molar-refractivity contribution >= 4 is 17.2 Å². The van der Waals surface area contributed by atoms with Crippen LogP contribution in [0.25, 0.3) is 0 Å². The lowest BCUT2D eigenvalue weighted by molar-refractivity contribution is 0.299. The van der Waals surface area contributed by atoms with E-state index in [2.05, 4.69) is 4.98 Å². The van der Waals surface area contributed by atoms with Crippen molar-refractivity contribution in [2.24, 2.45) is 5.73 Å². The molecule has 4 nitrogen and oxygen atoms in total. The van der Waals surface area contributed by atoms with E-state index in [1.165, 1.54) is 0 Å². The predicted octanol–water partition coefficient (Wildman–Crippen LogP) is 2.04. The van der Waals surface area contributed by atoms with Crippen molar-refractivity contribution < 1.29 is 9.84 Å². The molecule has 0 aliphatic rings. The molecule has 0 spiro atoms. The van der Waals surface area contributed by atoms with E-state index in [9.17, 15) is 0 Å². The van der Waals surface area contributed by atoms with Crippen molar-refractivity contribution in [1.82, 2.24) is 4.98 Å². The van der Waals surface area contributed by atoms with Crippen LogP contribution in [0, 0.1) is 0 Å². The lowest BCUT2D eigenvalue weighted by atomic mass is 10.1. The lowest BCUT2D eigenvalue weighted by Gasteiger charge is -2.09. The average molecular weight is 274 g/mol. The Balaban J connectivity index is 2.19. The molecule has 0 aliphatic heterocycles. The summed E-state index contributed by atoms with van der Waals surface area (Å²) in [4.78, 5) is 4.30. The maximum Gasteiger partial charge on any atom is 0.156 e. The molecule has 1 aromatic carbocycles. The number of aromatic nitrogens is 1. The molecule has 1 aromatic heterocycles. The summed E-state index contributed by atoms with van der Waals surface area (Å²) < 4.78 is 5.71. The highest BCUT2D eigenvalue weighted by Gasteiger charge is 2.08. The first-order valence-corrected chi connectivity index (χ1v) is 6.24. The van der Waals surface area contributed by atoms with Crippen LogP contribution in [0.5, 0.6) is 11.5 Å². The number of nitrogens with two attached hydrogens (primary N) is 1. The molecule has 2 aromatic rings. The molecule has 0 atom stereocenters. The summed E-state index contributed by atoms with van der Waals surface area (Å²) in [5, 5.41) is 8.85. The molecule has 0 aliphatic carbocycles. The Kier molecular flexibility index (Phi) is 4.43. The summed E-state index contributed by atoms with van der Waals surface area (Å²) >= 11 is 4.93.